The summed E-state index contributed by atoms with van der Waals surface area (Å²) in [5.74, 6) is -0.144. The molecule has 0 bridgehead atoms. The average molecular weight is 1330 g/mol. The zero-order valence-corrected chi connectivity index (χ0v) is 63.6. The standard InChI is InChI=1S/C85H155N2O6P/c1-6-8-10-12-14-16-18-20-22-24-26-28-30-32-34-36-38-39-40-41-42-43-44-45-46-47-49-51-53-55-57-59-61-63-65-67-69-71-73-75-77-79-85(89)86-83(82-93-94(90,91)92-81-80-87(3,4)5)84(88)78-76-74-72-70-68-66-64-62-60-58-56-54-52-50-48-37-35-33-31-29-27-25-23-21-19-17-15-13-11-9-7-2/h8,10,14,16,20,22,26,28,32,34,38-39,41-42,44-45,47,49,83-84,88H,6-7,9,11-13,15,17-19,21,23-25,27,29-31,33,35-37,40,43,46,48,50-82H2,1-5H3,(H-,86,89,90,91)/p+1/b10-8-,16-14-,22-20-,28-26-,34-32-,39-38-,42-41-,45-44-,49-47-. The number of aliphatic hydroxyl groups excluding tert-OH is 1. The Kier molecular flexibility index (Phi) is 72.1. The summed E-state index contributed by atoms with van der Waals surface area (Å²) in [6, 6.07) is -0.769. The van der Waals surface area contributed by atoms with Gasteiger partial charge in [0, 0.05) is 6.42 Å². The number of nitrogens with zero attached hydrogens (tertiary/aromatic N) is 1. The number of phosphoric ester groups is 1. The molecule has 546 valence electrons. The highest BCUT2D eigenvalue weighted by Gasteiger charge is 2.28. The molecule has 8 nitrogen and oxygen atoms in total. The molecule has 0 saturated carbocycles. The van der Waals surface area contributed by atoms with E-state index in [0.29, 0.717) is 23.9 Å². The van der Waals surface area contributed by atoms with E-state index in [-0.39, 0.29) is 19.1 Å². The lowest BCUT2D eigenvalue weighted by Gasteiger charge is -2.26. The zero-order chi connectivity index (χ0) is 68.3. The molecule has 3 N–H and O–H groups in total. The normalized spacial score (nSPS) is 14.1. The van der Waals surface area contributed by atoms with Gasteiger partial charge in [0.1, 0.15) is 13.2 Å². The van der Waals surface area contributed by atoms with Crippen molar-refractivity contribution in [1.29, 1.82) is 0 Å². The third-order valence-corrected chi connectivity index (χ3v) is 19.0. The second-order valence-corrected chi connectivity index (χ2v) is 29.9. The smallest absolute Gasteiger partial charge is 0.391 e. The predicted molar refractivity (Wildman–Crippen MR) is 415 cm³/mol. The Bertz CT molecular complexity index is 1910. The Labute approximate surface area is 584 Å². The van der Waals surface area contributed by atoms with Crippen molar-refractivity contribution >= 4 is 13.7 Å². The predicted octanol–water partition coefficient (Wildman–Crippen LogP) is 26.6. The van der Waals surface area contributed by atoms with Gasteiger partial charge in [-0.1, -0.05) is 393 Å². The van der Waals surface area contributed by atoms with Gasteiger partial charge in [0.05, 0.1) is 39.9 Å². The van der Waals surface area contributed by atoms with Crippen LogP contribution in [0.25, 0.3) is 0 Å². The van der Waals surface area contributed by atoms with E-state index in [0.717, 1.165) is 96.3 Å². The van der Waals surface area contributed by atoms with E-state index < -0.39 is 20.0 Å². The number of likely N-dealkylation sites (N-methyl/N-ethyl adjacent to an activating group) is 1. The number of nitrogens with one attached hydrogen (secondary N) is 1. The number of hydrogen-bond donors (Lipinski definition) is 3. The van der Waals surface area contributed by atoms with Crippen molar-refractivity contribution < 1.29 is 32.9 Å². The van der Waals surface area contributed by atoms with Crippen LogP contribution in [0.1, 0.15) is 373 Å². The van der Waals surface area contributed by atoms with Crippen LogP contribution >= 0.6 is 7.82 Å². The Balaban J connectivity index is 3.99. The van der Waals surface area contributed by atoms with Gasteiger partial charge in [-0.3, -0.25) is 13.8 Å². The summed E-state index contributed by atoms with van der Waals surface area (Å²) in [6.07, 6.45) is 109. The number of unbranched alkanes of at least 4 members (excludes halogenated alkanes) is 43. The minimum Gasteiger partial charge on any atom is -0.391 e. The number of hydrogen-bond acceptors (Lipinski definition) is 5. The monoisotopic (exact) mass is 1330 g/mol. The number of carbonyl (C=O) groups excluding carboxylic acids is 1. The Hall–Kier alpha value is -2.84. The largest absolute Gasteiger partial charge is 0.472 e. The molecule has 1 amide bonds. The quantitative estimate of drug-likeness (QED) is 0.0243. The first-order valence-corrected chi connectivity index (χ1v) is 41.7. The third kappa shape index (κ3) is 76.5. The first-order chi connectivity index (χ1) is 46.0. The van der Waals surface area contributed by atoms with Crippen LogP contribution in [0.15, 0.2) is 109 Å². The average Bonchev–Trinajstić information content (AvgIpc) is 1.77. The fraction of sp³-hybridized carbons (Fsp3) is 0.776. The molecule has 3 unspecified atom stereocenters. The van der Waals surface area contributed by atoms with Gasteiger partial charge in [-0.15, -0.1) is 0 Å². The summed E-state index contributed by atoms with van der Waals surface area (Å²) in [6.45, 7) is 4.81. The second-order valence-electron chi connectivity index (χ2n) is 28.4. The molecule has 0 radical (unpaired) electrons. The van der Waals surface area contributed by atoms with E-state index >= 15 is 0 Å². The zero-order valence-electron chi connectivity index (χ0n) is 62.7. The molecule has 0 aromatic rings. The molecule has 0 aliphatic rings. The molecule has 9 heteroatoms. The topological polar surface area (TPSA) is 105 Å². The maximum atomic E-state index is 13.1. The summed E-state index contributed by atoms with van der Waals surface area (Å²) < 4.78 is 24.0. The van der Waals surface area contributed by atoms with E-state index in [2.05, 4.69) is 129 Å². The van der Waals surface area contributed by atoms with Crippen molar-refractivity contribution in [1.82, 2.24) is 5.32 Å². The first kappa shape index (κ1) is 91.2. The molecule has 0 aliphatic carbocycles. The highest BCUT2D eigenvalue weighted by molar-refractivity contribution is 7.47. The van der Waals surface area contributed by atoms with Crippen molar-refractivity contribution in [2.24, 2.45) is 0 Å². The van der Waals surface area contributed by atoms with Gasteiger partial charge in [0.25, 0.3) is 0 Å². The van der Waals surface area contributed by atoms with Crippen LogP contribution in [0, 0.1) is 0 Å². The molecule has 0 aliphatic heterocycles. The molecule has 0 saturated heterocycles. The van der Waals surface area contributed by atoms with Crippen LogP contribution in [0.5, 0.6) is 0 Å². The molecule has 0 rings (SSSR count). The first-order valence-electron chi connectivity index (χ1n) is 40.3. The highest BCUT2D eigenvalue weighted by Crippen LogP contribution is 2.43. The number of rotatable bonds is 74. The fourth-order valence-corrected chi connectivity index (χ4v) is 12.6. The lowest BCUT2D eigenvalue weighted by atomic mass is 10.0. The Morgan fingerprint density at radius 1 is 0.372 bits per heavy atom. The molecule has 94 heavy (non-hydrogen) atoms. The lowest BCUT2D eigenvalue weighted by molar-refractivity contribution is -0.870. The number of aliphatic hydroxyl groups is 1. The minimum atomic E-state index is -4.34. The van der Waals surface area contributed by atoms with Crippen molar-refractivity contribution in [2.45, 2.75) is 386 Å². The number of allylic oxidation sites excluding steroid dienone is 18. The van der Waals surface area contributed by atoms with Gasteiger partial charge < -0.3 is 19.8 Å². The number of carbonyl (C=O) groups is 1. The molecule has 0 fully saturated rings. The van der Waals surface area contributed by atoms with Gasteiger partial charge in [-0.25, -0.2) is 4.57 Å². The molecular formula is C85H156N2O6P+. The Morgan fingerprint density at radius 2 is 0.638 bits per heavy atom. The van der Waals surface area contributed by atoms with Gasteiger partial charge in [0.15, 0.2) is 0 Å². The van der Waals surface area contributed by atoms with Crippen molar-refractivity contribution in [3.63, 3.8) is 0 Å². The molecule has 0 aromatic carbocycles. The van der Waals surface area contributed by atoms with E-state index in [1.54, 1.807) is 0 Å². The van der Waals surface area contributed by atoms with Crippen molar-refractivity contribution in [3.05, 3.63) is 109 Å². The van der Waals surface area contributed by atoms with E-state index in [1.165, 1.54) is 250 Å². The lowest BCUT2D eigenvalue weighted by Crippen LogP contribution is -2.46. The summed E-state index contributed by atoms with van der Waals surface area (Å²) in [5.41, 5.74) is 0. The Morgan fingerprint density at radius 3 is 0.936 bits per heavy atom. The number of amides is 1. The maximum absolute atomic E-state index is 13.1. The third-order valence-electron chi connectivity index (χ3n) is 18.0. The number of quaternary nitrogens is 1. The molecule has 0 spiro atoms. The molecule has 0 aromatic heterocycles. The summed E-state index contributed by atoms with van der Waals surface area (Å²) >= 11 is 0. The summed E-state index contributed by atoms with van der Waals surface area (Å²) in [5, 5.41) is 14.2. The van der Waals surface area contributed by atoms with Crippen LogP contribution in [-0.4, -0.2) is 73.4 Å². The molecular weight excluding hydrogens is 1180 g/mol. The molecule has 0 heterocycles. The van der Waals surface area contributed by atoms with Gasteiger partial charge in [-0.2, -0.15) is 0 Å². The minimum absolute atomic E-state index is 0.0719. The van der Waals surface area contributed by atoms with Crippen molar-refractivity contribution in [3.8, 4) is 0 Å². The SMILES string of the molecule is CC/C=C\C/C=C\C/C=C\C/C=C\C/C=C\C/C=C\C/C=C\C/C=C\C/C=C\CCCCCCCCCCCCCCCC(=O)NC(COP(=O)(O)OCC[N+](C)(C)C)C(O)CCCCCCCCCCCCCCCCCCCCCCCCCCCCCCCCC. The highest BCUT2D eigenvalue weighted by atomic mass is 31.2. The van der Waals surface area contributed by atoms with Crippen molar-refractivity contribution in [2.75, 3.05) is 40.9 Å². The van der Waals surface area contributed by atoms with Gasteiger partial charge in [0.2, 0.25) is 5.91 Å². The van der Waals surface area contributed by atoms with Crippen LogP contribution in [0.4, 0.5) is 0 Å². The molecule has 3 atom stereocenters. The van der Waals surface area contributed by atoms with Crippen LogP contribution in [-0.2, 0) is 18.4 Å². The maximum Gasteiger partial charge on any atom is 0.472 e. The van der Waals surface area contributed by atoms with E-state index in [4.69, 9.17) is 9.05 Å². The van der Waals surface area contributed by atoms with E-state index in [9.17, 15) is 19.4 Å². The summed E-state index contributed by atoms with van der Waals surface area (Å²) in [7, 11) is 1.62. The van der Waals surface area contributed by atoms with E-state index in [1.807, 2.05) is 21.1 Å². The van der Waals surface area contributed by atoms with Crippen LogP contribution < -0.4 is 5.32 Å². The second kappa shape index (κ2) is 74.4. The summed E-state index contributed by atoms with van der Waals surface area (Å²) in [4.78, 5) is 23.5. The van der Waals surface area contributed by atoms with Gasteiger partial charge in [-0.05, 0) is 83.5 Å². The fourth-order valence-electron chi connectivity index (χ4n) is 11.9. The van der Waals surface area contributed by atoms with Crippen LogP contribution in [0.3, 0.4) is 0 Å². The van der Waals surface area contributed by atoms with Gasteiger partial charge >= 0.3 is 7.82 Å². The van der Waals surface area contributed by atoms with Crippen LogP contribution in [0.2, 0.25) is 0 Å². The number of phosphoric acid groups is 1.